The molecular weight excluding hydrogens is 212 g/mol. The van der Waals surface area contributed by atoms with Crippen LogP contribution in [0.25, 0.3) is 0 Å². The highest BCUT2D eigenvalue weighted by Crippen LogP contribution is 2.31. The van der Waals surface area contributed by atoms with Gasteiger partial charge in [-0.1, -0.05) is 6.92 Å². The van der Waals surface area contributed by atoms with Crippen molar-refractivity contribution in [1.82, 2.24) is 9.80 Å². The fourth-order valence-corrected chi connectivity index (χ4v) is 3.54. The van der Waals surface area contributed by atoms with Crippen LogP contribution in [0.5, 0.6) is 0 Å². The van der Waals surface area contributed by atoms with Gasteiger partial charge in [-0.25, -0.2) is 0 Å². The van der Waals surface area contributed by atoms with Gasteiger partial charge in [0.25, 0.3) is 0 Å². The molecule has 0 radical (unpaired) electrons. The summed E-state index contributed by atoms with van der Waals surface area (Å²) >= 11 is 0. The lowest BCUT2D eigenvalue weighted by Crippen LogP contribution is -2.45. The van der Waals surface area contributed by atoms with Crippen LogP contribution in [0.3, 0.4) is 0 Å². The predicted octanol–water partition coefficient (Wildman–Crippen LogP) is 1.56. The molecule has 0 amide bonds. The molecule has 1 saturated heterocycles. The number of hydrogen-bond donors (Lipinski definition) is 1. The van der Waals surface area contributed by atoms with Gasteiger partial charge in [-0.3, -0.25) is 4.90 Å². The summed E-state index contributed by atoms with van der Waals surface area (Å²) in [6, 6.07) is 1.30. The van der Waals surface area contributed by atoms with Gasteiger partial charge in [-0.15, -0.1) is 0 Å². The van der Waals surface area contributed by atoms with Crippen molar-refractivity contribution in [3.05, 3.63) is 0 Å². The van der Waals surface area contributed by atoms with Crippen molar-refractivity contribution in [2.75, 3.05) is 27.2 Å². The average Bonchev–Trinajstić information content (AvgIpc) is 2.59. The number of β-amino-alcohol motifs (C(OH)–C–C–N with tert-alkyl or cyclic N) is 1. The van der Waals surface area contributed by atoms with Gasteiger partial charge in [0, 0.05) is 25.2 Å². The first-order valence-corrected chi connectivity index (χ1v) is 7.14. The van der Waals surface area contributed by atoms with E-state index in [1.54, 1.807) is 0 Å². The summed E-state index contributed by atoms with van der Waals surface area (Å²) in [6.45, 7) is 4.35. The minimum Gasteiger partial charge on any atom is -0.392 e. The summed E-state index contributed by atoms with van der Waals surface area (Å²) in [6.07, 6.45) is 6.26. The van der Waals surface area contributed by atoms with Crippen LogP contribution in [-0.4, -0.2) is 60.3 Å². The van der Waals surface area contributed by atoms with Gasteiger partial charge in [0.05, 0.1) is 6.10 Å². The zero-order valence-electron chi connectivity index (χ0n) is 11.6. The van der Waals surface area contributed by atoms with E-state index in [0.717, 1.165) is 31.5 Å². The second-order valence-electron chi connectivity index (χ2n) is 6.42. The topological polar surface area (TPSA) is 26.7 Å². The van der Waals surface area contributed by atoms with E-state index in [4.69, 9.17) is 0 Å². The van der Waals surface area contributed by atoms with Gasteiger partial charge in [-0.05, 0) is 52.1 Å². The molecule has 2 fully saturated rings. The number of rotatable bonds is 3. The van der Waals surface area contributed by atoms with Crippen LogP contribution in [0.15, 0.2) is 0 Å². The Labute approximate surface area is 106 Å². The van der Waals surface area contributed by atoms with Crippen molar-refractivity contribution in [2.24, 2.45) is 5.92 Å². The predicted molar refractivity (Wildman–Crippen MR) is 71.1 cm³/mol. The molecule has 3 nitrogen and oxygen atoms in total. The molecule has 0 aromatic heterocycles. The van der Waals surface area contributed by atoms with Crippen LogP contribution in [0, 0.1) is 5.92 Å². The molecular formula is C14H28N2O. The molecule has 1 N–H and O–H groups in total. The SMILES string of the molecule is CC1CCC(N2CC(O)CC2CN(C)C)CC1. The summed E-state index contributed by atoms with van der Waals surface area (Å²) in [5.74, 6) is 0.908. The van der Waals surface area contributed by atoms with E-state index in [-0.39, 0.29) is 6.10 Å². The van der Waals surface area contributed by atoms with E-state index in [0.29, 0.717) is 6.04 Å². The first-order valence-electron chi connectivity index (χ1n) is 7.14. The highest BCUT2D eigenvalue weighted by Gasteiger charge is 2.36. The zero-order chi connectivity index (χ0) is 12.4. The molecule has 2 rings (SSSR count). The molecule has 2 unspecified atom stereocenters. The Kier molecular flexibility index (Phi) is 4.45. The third kappa shape index (κ3) is 3.43. The van der Waals surface area contributed by atoms with Gasteiger partial charge in [0.1, 0.15) is 0 Å². The quantitative estimate of drug-likeness (QED) is 0.811. The molecule has 0 bridgehead atoms. The maximum atomic E-state index is 9.91. The lowest BCUT2D eigenvalue weighted by atomic mass is 9.86. The van der Waals surface area contributed by atoms with E-state index < -0.39 is 0 Å². The standard InChI is InChI=1S/C14H28N2O/c1-11-4-6-12(7-5-11)16-10-14(17)8-13(16)9-15(2)3/h11-14,17H,4-10H2,1-3H3. The molecule has 2 aliphatic rings. The van der Waals surface area contributed by atoms with E-state index in [1.807, 2.05) is 0 Å². The van der Waals surface area contributed by atoms with Crippen LogP contribution < -0.4 is 0 Å². The lowest BCUT2D eigenvalue weighted by molar-refractivity contribution is 0.101. The van der Waals surface area contributed by atoms with Gasteiger partial charge in [-0.2, -0.15) is 0 Å². The first kappa shape index (κ1) is 13.3. The molecule has 1 aliphatic heterocycles. The molecule has 17 heavy (non-hydrogen) atoms. The van der Waals surface area contributed by atoms with E-state index >= 15 is 0 Å². The molecule has 1 aliphatic carbocycles. The molecule has 0 aromatic rings. The highest BCUT2D eigenvalue weighted by atomic mass is 16.3. The molecule has 1 heterocycles. The highest BCUT2D eigenvalue weighted by molar-refractivity contribution is 4.92. The maximum absolute atomic E-state index is 9.91. The fraction of sp³-hybridized carbons (Fsp3) is 1.00. The molecule has 3 heteroatoms. The third-order valence-electron chi connectivity index (χ3n) is 4.47. The van der Waals surface area contributed by atoms with E-state index in [2.05, 4.69) is 30.8 Å². The number of aliphatic hydroxyl groups excluding tert-OH is 1. The van der Waals surface area contributed by atoms with Crippen molar-refractivity contribution in [3.63, 3.8) is 0 Å². The lowest BCUT2D eigenvalue weighted by Gasteiger charge is -2.37. The zero-order valence-corrected chi connectivity index (χ0v) is 11.6. The Hall–Kier alpha value is -0.120. The third-order valence-corrected chi connectivity index (χ3v) is 4.47. The van der Waals surface area contributed by atoms with Crippen molar-refractivity contribution in [1.29, 1.82) is 0 Å². The summed E-state index contributed by atoms with van der Waals surface area (Å²) in [5, 5.41) is 9.91. The molecule has 100 valence electrons. The van der Waals surface area contributed by atoms with Crippen LogP contribution in [0.2, 0.25) is 0 Å². The second-order valence-corrected chi connectivity index (χ2v) is 6.42. The number of nitrogens with zero attached hydrogens (tertiary/aromatic N) is 2. The van der Waals surface area contributed by atoms with Crippen molar-refractivity contribution < 1.29 is 5.11 Å². The Balaban J connectivity index is 1.93. The van der Waals surface area contributed by atoms with Crippen LogP contribution >= 0.6 is 0 Å². The van der Waals surface area contributed by atoms with Crippen molar-refractivity contribution in [2.45, 2.75) is 57.2 Å². The molecule has 2 atom stereocenters. The second kappa shape index (κ2) is 5.68. The number of hydrogen-bond acceptors (Lipinski definition) is 3. The number of likely N-dealkylation sites (tertiary alicyclic amines) is 1. The van der Waals surface area contributed by atoms with E-state index in [1.165, 1.54) is 25.7 Å². The van der Waals surface area contributed by atoms with Gasteiger partial charge < -0.3 is 10.0 Å². The van der Waals surface area contributed by atoms with Crippen LogP contribution in [0.1, 0.15) is 39.0 Å². The molecule has 1 saturated carbocycles. The monoisotopic (exact) mass is 240 g/mol. The summed E-state index contributed by atoms with van der Waals surface area (Å²) in [7, 11) is 4.26. The van der Waals surface area contributed by atoms with Crippen molar-refractivity contribution in [3.8, 4) is 0 Å². The molecule has 0 aromatic carbocycles. The first-order chi connectivity index (χ1) is 8.06. The minimum atomic E-state index is -0.0979. The fourth-order valence-electron chi connectivity index (χ4n) is 3.54. The Morgan fingerprint density at radius 3 is 2.41 bits per heavy atom. The van der Waals surface area contributed by atoms with Gasteiger partial charge in [0.15, 0.2) is 0 Å². The largest absolute Gasteiger partial charge is 0.392 e. The van der Waals surface area contributed by atoms with Gasteiger partial charge >= 0.3 is 0 Å². The van der Waals surface area contributed by atoms with Gasteiger partial charge in [0.2, 0.25) is 0 Å². The smallest absolute Gasteiger partial charge is 0.0682 e. The average molecular weight is 240 g/mol. The van der Waals surface area contributed by atoms with Crippen LogP contribution in [0.4, 0.5) is 0 Å². The summed E-state index contributed by atoms with van der Waals surface area (Å²) in [5.41, 5.74) is 0. The Morgan fingerprint density at radius 2 is 1.82 bits per heavy atom. The minimum absolute atomic E-state index is 0.0979. The Morgan fingerprint density at radius 1 is 1.18 bits per heavy atom. The maximum Gasteiger partial charge on any atom is 0.0682 e. The number of likely N-dealkylation sites (N-methyl/N-ethyl adjacent to an activating group) is 1. The Bertz CT molecular complexity index is 236. The summed E-state index contributed by atoms with van der Waals surface area (Å²) < 4.78 is 0. The van der Waals surface area contributed by atoms with Crippen LogP contribution in [-0.2, 0) is 0 Å². The summed E-state index contributed by atoms with van der Waals surface area (Å²) in [4.78, 5) is 4.84. The van der Waals surface area contributed by atoms with E-state index in [9.17, 15) is 5.11 Å². The molecule has 0 spiro atoms. The van der Waals surface area contributed by atoms with Crippen molar-refractivity contribution >= 4 is 0 Å². The normalized spacial score (nSPS) is 40.1. The number of aliphatic hydroxyl groups is 1.